The van der Waals surface area contributed by atoms with Gasteiger partial charge in [-0.25, -0.2) is 4.98 Å². The van der Waals surface area contributed by atoms with Crippen molar-refractivity contribution in [3.05, 3.63) is 60.2 Å². The average molecular weight is 196 g/mol. The molecule has 1 aromatic carbocycles. The number of fused-ring (bicyclic) bond motifs is 1. The predicted molar refractivity (Wildman–Crippen MR) is 56.4 cm³/mol. The molecule has 0 saturated heterocycles. The SMILES string of the molecule is O=C1C=C(c2ccccc2)c2nccn21. The number of allylic oxidation sites excluding steroid dienone is 1. The number of rotatable bonds is 1. The highest BCUT2D eigenvalue weighted by Crippen LogP contribution is 2.26. The van der Waals surface area contributed by atoms with Gasteiger partial charge in [0.15, 0.2) is 0 Å². The van der Waals surface area contributed by atoms with E-state index in [9.17, 15) is 4.79 Å². The molecule has 0 N–H and O–H groups in total. The zero-order valence-corrected chi connectivity index (χ0v) is 7.92. The topological polar surface area (TPSA) is 34.9 Å². The standard InChI is InChI=1S/C12H8N2O/c15-11-8-10(9-4-2-1-3-5-9)12-13-6-7-14(11)12/h1-8H. The van der Waals surface area contributed by atoms with E-state index in [1.165, 1.54) is 0 Å². The molecule has 3 heteroatoms. The van der Waals surface area contributed by atoms with Gasteiger partial charge >= 0.3 is 0 Å². The molecule has 72 valence electrons. The van der Waals surface area contributed by atoms with Crippen LogP contribution in [-0.2, 0) is 0 Å². The van der Waals surface area contributed by atoms with E-state index in [4.69, 9.17) is 0 Å². The van der Waals surface area contributed by atoms with E-state index in [1.807, 2.05) is 30.3 Å². The van der Waals surface area contributed by atoms with Crippen molar-refractivity contribution < 1.29 is 4.79 Å². The van der Waals surface area contributed by atoms with E-state index in [-0.39, 0.29) is 5.91 Å². The molecule has 2 aromatic rings. The Labute approximate surface area is 86.7 Å². The minimum absolute atomic E-state index is 0.0265. The summed E-state index contributed by atoms with van der Waals surface area (Å²) < 4.78 is 1.56. The Morgan fingerprint density at radius 1 is 1.13 bits per heavy atom. The van der Waals surface area contributed by atoms with Crippen molar-refractivity contribution in [2.75, 3.05) is 0 Å². The number of nitrogens with zero attached hydrogens (tertiary/aromatic N) is 2. The largest absolute Gasteiger partial charge is 0.269 e. The van der Waals surface area contributed by atoms with Gasteiger partial charge in [-0.1, -0.05) is 30.3 Å². The van der Waals surface area contributed by atoms with Crippen LogP contribution in [0.15, 0.2) is 48.8 Å². The van der Waals surface area contributed by atoms with Gasteiger partial charge in [-0.3, -0.25) is 9.36 Å². The van der Waals surface area contributed by atoms with Crippen LogP contribution >= 0.6 is 0 Å². The van der Waals surface area contributed by atoms with Crippen molar-refractivity contribution in [3.63, 3.8) is 0 Å². The molecule has 1 aromatic heterocycles. The Hall–Kier alpha value is -2.16. The maximum Gasteiger partial charge on any atom is 0.257 e. The lowest BCUT2D eigenvalue weighted by atomic mass is 10.1. The minimum atomic E-state index is -0.0265. The fourth-order valence-corrected chi connectivity index (χ4v) is 1.77. The van der Waals surface area contributed by atoms with Gasteiger partial charge in [-0.15, -0.1) is 0 Å². The van der Waals surface area contributed by atoms with E-state index in [2.05, 4.69) is 4.98 Å². The number of aromatic nitrogens is 2. The first-order valence-corrected chi connectivity index (χ1v) is 4.71. The quantitative estimate of drug-likeness (QED) is 0.698. The van der Waals surface area contributed by atoms with Crippen LogP contribution in [0.3, 0.4) is 0 Å². The van der Waals surface area contributed by atoms with Crippen molar-refractivity contribution in [2.45, 2.75) is 0 Å². The second kappa shape index (κ2) is 2.92. The van der Waals surface area contributed by atoms with E-state index in [1.54, 1.807) is 23.0 Å². The van der Waals surface area contributed by atoms with Crippen LogP contribution in [-0.4, -0.2) is 15.5 Å². The molecular weight excluding hydrogens is 188 g/mol. The highest BCUT2D eigenvalue weighted by molar-refractivity contribution is 6.05. The molecule has 0 unspecified atom stereocenters. The number of benzene rings is 1. The van der Waals surface area contributed by atoms with Gasteiger partial charge in [0.1, 0.15) is 5.82 Å². The molecule has 0 spiro atoms. The lowest BCUT2D eigenvalue weighted by molar-refractivity contribution is 0.0974. The van der Waals surface area contributed by atoms with Crippen molar-refractivity contribution >= 4 is 11.5 Å². The van der Waals surface area contributed by atoms with Crippen molar-refractivity contribution in [3.8, 4) is 0 Å². The summed E-state index contributed by atoms with van der Waals surface area (Å²) in [5, 5.41) is 0. The Balaban J connectivity index is 2.18. The van der Waals surface area contributed by atoms with Crippen molar-refractivity contribution in [1.29, 1.82) is 0 Å². The van der Waals surface area contributed by atoms with Gasteiger partial charge in [-0.05, 0) is 5.56 Å². The van der Waals surface area contributed by atoms with Gasteiger partial charge in [0.25, 0.3) is 5.91 Å². The minimum Gasteiger partial charge on any atom is -0.269 e. The number of carbonyl (C=O) groups excluding carboxylic acids is 1. The van der Waals surface area contributed by atoms with E-state index in [0.29, 0.717) is 0 Å². The monoisotopic (exact) mass is 196 g/mol. The molecule has 3 nitrogen and oxygen atoms in total. The van der Waals surface area contributed by atoms with Crippen LogP contribution in [0.25, 0.3) is 5.57 Å². The second-order valence-corrected chi connectivity index (χ2v) is 3.38. The molecule has 0 amide bonds. The summed E-state index contributed by atoms with van der Waals surface area (Å²) in [5.41, 5.74) is 1.92. The van der Waals surface area contributed by atoms with Gasteiger partial charge in [0, 0.05) is 24.0 Å². The first-order valence-electron chi connectivity index (χ1n) is 4.71. The number of hydrogen-bond acceptors (Lipinski definition) is 2. The highest BCUT2D eigenvalue weighted by Gasteiger charge is 2.21. The first kappa shape index (κ1) is 8.17. The maximum absolute atomic E-state index is 11.6. The van der Waals surface area contributed by atoms with Gasteiger partial charge in [0.05, 0.1) is 0 Å². The van der Waals surface area contributed by atoms with Gasteiger partial charge in [-0.2, -0.15) is 0 Å². The summed E-state index contributed by atoms with van der Waals surface area (Å²) in [6.07, 6.45) is 4.95. The van der Waals surface area contributed by atoms with Gasteiger partial charge < -0.3 is 0 Å². The van der Waals surface area contributed by atoms with Crippen LogP contribution in [0.4, 0.5) is 0 Å². The van der Waals surface area contributed by atoms with Crippen LogP contribution < -0.4 is 0 Å². The summed E-state index contributed by atoms with van der Waals surface area (Å²) >= 11 is 0. The first-order chi connectivity index (χ1) is 7.36. The van der Waals surface area contributed by atoms with Gasteiger partial charge in [0.2, 0.25) is 0 Å². The summed E-state index contributed by atoms with van der Waals surface area (Å²) in [6.45, 7) is 0. The lowest BCUT2D eigenvalue weighted by Gasteiger charge is -1.99. The summed E-state index contributed by atoms with van der Waals surface area (Å²) in [6, 6.07) is 9.80. The van der Waals surface area contributed by atoms with E-state index in [0.717, 1.165) is 17.0 Å². The van der Waals surface area contributed by atoms with Crippen LogP contribution in [0.1, 0.15) is 16.2 Å². The van der Waals surface area contributed by atoms with E-state index >= 15 is 0 Å². The van der Waals surface area contributed by atoms with Crippen LogP contribution in [0, 0.1) is 0 Å². The molecule has 0 bridgehead atoms. The molecule has 3 rings (SSSR count). The molecule has 1 aliphatic rings. The zero-order chi connectivity index (χ0) is 10.3. The summed E-state index contributed by atoms with van der Waals surface area (Å²) in [4.78, 5) is 15.7. The normalized spacial score (nSPS) is 13.9. The van der Waals surface area contributed by atoms with Crippen LogP contribution in [0.2, 0.25) is 0 Å². The molecule has 1 aliphatic heterocycles. The molecule has 0 aliphatic carbocycles. The van der Waals surface area contributed by atoms with Crippen molar-refractivity contribution in [2.24, 2.45) is 0 Å². The third-order valence-electron chi connectivity index (χ3n) is 2.47. The molecule has 0 radical (unpaired) electrons. The Bertz CT molecular complexity index is 552. The Morgan fingerprint density at radius 3 is 2.73 bits per heavy atom. The maximum atomic E-state index is 11.6. The third-order valence-corrected chi connectivity index (χ3v) is 2.47. The average Bonchev–Trinajstić information content (AvgIpc) is 2.84. The fraction of sp³-hybridized carbons (Fsp3) is 0. The smallest absolute Gasteiger partial charge is 0.257 e. The fourth-order valence-electron chi connectivity index (χ4n) is 1.77. The Morgan fingerprint density at radius 2 is 1.93 bits per heavy atom. The predicted octanol–water partition coefficient (Wildman–Crippen LogP) is 1.97. The summed E-state index contributed by atoms with van der Waals surface area (Å²) in [5.74, 6) is 0.701. The number of carbonyl (C=O) groups is 1. The van der Waals surface area contributed by atoms with Crippen molar-refractivity contribution in [1.82, 2.24) is 9.55 Å². The second-order valence-electron chi connectivity index (χ2n) is 3.38. The number of imidazole rings is 1. The summed E-state index contributed by atoms with van der Waals surface area (Å²) in [7, 11) is 0. The molecule has 0 fully saturated rings. The molecule has 2 heterocycles. The molecule has 0 atom stereocenters. The third kappa shape index (κ3) is 1.13. The van der Waals surface area contributed by atoms with E-state index < -0.39 is 0 Å². The molecule has 0 saturated carbocycles. The lowest BCUT2D eigenvalue weighted by Crippen LogP contribution is -2.01. The van der Waals surface area contributed by atoms with Crippen LogP contribution in [0.5, 0.6) is 0 Å². The Kier molecular flexibility index (Phi) is 1.59. The molecular formula is C12H8N2O. The highest BCUT2D eigenvalue weighted by atomic mass is 16.2. The molecule has 15 heavy (non-hydrogen) atoms. The number of hydrogen-bond donors (Lipinski definition) is 0. The zero-order valence-electron chi connectivity index (χ0n) is 7.92.